The molecule has 0 amide bonds. The predicted octanol–water partition coefficient (Wildman–Crippen LogP) is 1.59. The van der Waals surface area contributed by atoms with Gasteiger partial charge in [-0.1, -0.05) is 6.92 Å². The van der Waals surface area contributed by atoms with Crippen LogP contribution in [0.15, 0.2) is 0 Å². The summed E-state index contributed by atoms with van der Waals surface area (Å²) in [7, 11) is 0. The minimum absolute atomic E-state index is 0.00752. The summed E-state index contributed by atoms with van der Waals surface area (Å²) < 4.78 is 11.5. The third-order valence-corrected chi connectivity index (χ3v) is 3.62. The van der Waals surface area contributed by atoms with E-state index in [0.717, 1.165) is 19.6 Å². The number of ether oxygens (including phenoxy) is 2. The summed E-state index contributed by atoms with van der Waals surface area (Å²) in [6.07, 6.45) is 1.05. The van der Waals surface area contributed by atoms with Crippen molar-refractivity contribution in [2.75, 3.05) is 13.2 Å². The van der Waals surface area contributed by atoms with Gasteiger partial charge in [0.05, 0.1) is 24.4 Å². The Labute approximate surface area is 67.9 Å². The molecule has 0 aromatic heterocycles. The molecule has 0 aromatic rings. The Kier molecular flexibility index (Phi) is 1.37. The zero-order valence-corrected chi connectivity index (χ0v) is 7.52. The first kappa shape index (κ1) is 7.56. The van der Waals surface area contributed by atoms with E-state index in [1.54, 1.807) is 0 Å². The van der Waals surface area contributed by atoms with Gasteiger partial charge in [-0.3, -0.25) is 0 Å². The van der Waals surface area contributed by atoms with Crippen molar-refractivity contribution < 1.29 is 9.47 Å². The van der Waals surface area contributed by atoms with Gasteiger partial charge in [-0.25, -0.2) is 0 Å². The monoisotopic (exact) mass is 156 g/mol. The van der Waals surface area contributed by atoms with Gasteiger partial charge in [-0.05, 0) is 13.8 Å². The zero-order valence-electron chi connectivity index (χ0n) is 7.52. The average molecular weight is 156 g/mol. The molecule has 1 unspecified atom stereocenters. The van der Waals surface area contributed by atoms with Crippen LogP contribution in [0, 0.1) is 5.92 Å². The molecular formula is C9H16O2. The molecule has 2 heterocycles. The van der Waals surface area contributed by atoms with E-state index in [0.29, 0.717) is 5.92 Å². The third-order valence-electron chi connectivity index (χ3n) is 3.62. The quantitative estimate of drug-likeness (QED) is 0.530. The highest BCUT2D eigenvalue weighted by Crippen LogP contribution is 2.48. The maximum Gasteiger partial charge on any atom is 0.0988 e. The summed E-state index contributed by atoms with van der Waals surface area (Å²) in [5.74, 6) is 0.537. The molecule has 0 saturated carbocycles. The number of rotatable bonds is 0. The Morgan fingerprint density at radius 1 is 1.27 bits per heavy atom. The summed E-state index contributed by atoms with van der Waals surface area (Å²) in [5, 5.41) is 0. The van der Waals surface area contributed by atoms with Gasteiger partial charge in [0, 0.05) is 12.3 Å². The van der Waals surface area contributed by atoms with Gasteiger partial charge < -0.3 is 9.47 Å². The SMILES string of the molecule is CC1CO[C@@]2(C)CCO[C@@]12C. The Balaban J connectivity index is 2.33. The Morgan fingerprint density at radius 3 is 2.64 bits per heavy atom. The maximum atomic E-state index is 5.75. The lowest BCUT2D eigenvalue weighted by Gasteiger charge is -2.33. The summed E-state index contributed by atoms with van der Waals surface area (Å²) >= 11 is 0. The van der Waals surface area contributed by atoms with Gasteiger partial charge in [-0.15, -0.1) is 0 Å². The van der Waals surface area contributed by atoms with E-state index in [2.05, 4.69) is 20.8 Å². The normalized spacial score (nSPS) is 56.5. The zero-order chi connectivity index (χ0) is 8.11. The molecule has 0 radical (unpaired) electrons. The Hall–Kier alpha value is -0.0800. The van der Waals surface area contributed by atoms with E-state index < -0.39 is 0 Å². The molecule has 0 aliphatic carbocycles. The molecule has 2 aliphatic heterocycles. The van der Waals surface area contributed by atoms with Crippen LogP contribution in [0.5, 0.6) is 0 Å². The standard InChI is InChI=1S/C9H16O2/c1-7-6-11-8(2)4-5-10-9(7,8)3/h7H,4-6H2,1-3H3/t7?,8-,9-/m0/s1. The van der Waals surface area contributed by atoms with Crippen molar-refractivity contribution in [3.8, 4) is 0 Å². The highest BCUT2D eigenvalue weighted by atomic mass is 16.6. The highest BCUT2D eigenvalue weighted by Gasteiger charge is 2.58. The van der Waals surface area contributed by atoms with Crippen LogP contribution in [0.25, 0.3) is 0 Å². The van der Waals surface area contributed by atoms with E-state index in [1.165, 1.54) is 0 Å². The van der Waals surface area contributed by atoms with Crippen molar-refractivity contribution in [1.82, 2.24) is 0 Å². The maximum absolute atomic E-state index is 5.75. The summed E-state index contributed by atoms with van der Waals surface area (Å²) in [5.41, 5.74) is -0.0284. The van der Waals surface area contributed by atoms with E-state index in [4.69, 9.17) is 9.47 Å². The van der Waals surface area contributed by atoms with Crippen LogP contribution in [0.1, 0.15) is 27.2 Å². The fourth-order valence-electron chi connectivity index (χ4n) is 2.21. The molecule has 2 rings (SSSR count). The first-order chi connectivity index (χ1) is 5.08. The van der Waals surface area contributed by atoms with Crippen molar-refractivity contribution in [2.45, 2.75) is 38.4 Å². The topological polar surface area (TPSA) is 18.5 Å². The summed E-state index contributed by atoms with van der Waals surface area (Å²) in [6.45, 7) is 8.27. The molecule has 0 bridgehead atoms. The van der Waals surface area contributed by atoms with Crippen molar-refractivity contribution >= 4 is 0 Å². The van der Waals surface area contributed by atoms with Gasteiger partial charge >= 0.3 is 0 Å². The van der Waals surface area contributed by atoms with Crippen molar-refractivity contribution in [1.29, 1.82) is 0 Å². The lowest BCUT2D eigenvalue weighted by atomic mass is 9.80. The van der Waals surface area contributed by atoms with Crippen molar-refractivity contribution in [2.24, 2.45) is 5.92 Å². The van der Waals surface area contributed by atoms with Gasteiger partial charge in [0.15, 0.2) is 0 Å². The Bertz CT molecular complexity index is 180. The molecule has 2 heteroatoms. The molecule has 64 valence electrons. The molecule has 0 N–H and O–H groups in total. The van der Waals surface area contributed by atoms with Crippen molar-refractivity contribution in [3.63, 3.8) is 0 Å². The fraction of sp³-hybridized carbons (Fsp3) is 1.00. The van der Waals surface area contributed by atoms with Crippen LogP contribution in [-0.4, -0.2) is 24.4 Å². The van der Waals surface area contributed by atoms with Crippen LogP contribution >= 0.6 is 0 Å². The second kappa shape index (κ2) is 1.99. The van der Waals surface area contributed by atoms with E-state index >= 15 is 0 Å². The molecular weight excluding hydrogens is 140 g/mol. The molecule has 0 aromatic carbocycles. The predicted molar refractivity (Wildman–Crippen MR) is 42.5 cm³/mol. The number of fused-ring (bicyclic) bond motifs is 1. The van der Waals surface area contributed by atoms with Crippen LogP contribution in [0.3, 0.4) is 0 Å². The second-order valence-corrected chi connectivity index (χ2v) is 4.15. The Morgan fingerprint density at radius 2 is 2.00 bits per heavy atom. The average Bonchev–Trinajstić information content (AvgIpc) is 2.34. The number of hydrogen-bond donors (Lipinski definition) is 0. The lowest BCUT2D eigenvalue weighted by molar-refractivity contribution is -0.0736. The minimum Gasteiger partial charge on any atom is -0.372 e. The van der Waals surface area contributed by atoms with Gasteiger partial charge in [-0.2, -0.15) is 0 Å². The lowest BCUT2D eigenvalue weighted by Crippen LogP contribution is -2.45. The van der Waals surface area contributed by atoms with E-state index in [-0.39, 0.29) is 11.2 Å². The van der Waals surface area contributed by atoms with Crippen LogP contribution in [0.2, 0.25) is 0 Å². The van der Waals surface area contributed by atoms with Crippen LogP contribution in [0.4, 0.5) is 0 Å². The fourth-order valence-corrected chi connectivity index (χ4v) is 2.21. The van der Waals surface area contributed by atoms with Crippen molar-refractivity contribution in [3.05, 3.63) is 0 Å². The van der Waals surface area contributed by atoms with Crippen LogP contribution < -0.4 is 0 Å². The van der Waals surface area contributed by atoms with E-state index in [1.807, 2.05) is 0 Å². The molecule has 2 saturated heterocycles. The van der Waals surface area contributed by atoms with Crippen LogP contribution in [-0.2, 0) is 9.47 Å². The highest BCUT2D eigenvalue weighted by molar-refractivity contribution is 5.07. The molecule has 3 atom stereocenters. The molecule has 11 heavy (non-hydrogen) atoms. The largest absolute Gasteiger partial charge is 0.372 e. The third kappa shape index (κ3) is 0.744. The number of hydrogen-bond acceptors (Lipinski definition) is 2. The van der Waals surface area contributed by atoms with Gasteiger partial charge in [0.2, 0.25) is 0 Å². The minimum atomic E-state index is -0.0208. The van der Waals surface area contributed by atoms with Gasteiger partial charge in [0.1, 0.15) is 0 Å². The molecule has 2 nitrogen and oxygen atoms in total. The first-order valence-corrected chi connectivity index (χ1v) is 4.36. The summed E-state index contributed by atoms with van der Waals surface area (Å²) in [4.78, 5) is 0. The second-order valence-electron chi connectivity index (χ2n) is 4.15. The summed E-state index contributed by atoms with van der Waals surface area (Å²) in [6, 6.07) is 0. The molecule has 2 aliphatic rings. The first-order valence-electron chi connectivity index (χ1n) is 4.36. The van der Waals surface area contributed by atoms with E-state index in [9.17, 15) is 0 Å². The smallest absolute Gasteiger partial charge is 0.0988 e. The molecule has 2 fully saturated rings. The van der Waals surface area contributed by atoms with Gasteiger partial charge in [0.25, 0.3) is 0 Å². The molecule has 0 spiro atoms.